The minimum atomic E-state index is -0.781. The Hall–Kier alpha value is -5.52. The van der Waals surface area contributed by atoms with E-state index in [4.69, 9.17) is 18.3 Å². The summed E-state index contributed by atoms with van der Waals surface area (Å²) < 4.78 is 49.6. The van der Waals surface area contributed by atoms with Gasteiger partial charge in [0.25, 0.3) is 11.8 Å². The normalized spacial score (nSPS) is 11.0. The van der Waals surface area contributed by atoms with E-state index in [2.05, 4.69) is 10.6 Å². The lowest BCUT2D eigenvalue weighted by molar-refractivity contribution is 0.0492. The number of anilines is 2. The van der Waals surface area contributed by atoms with Crippen molar-refractivity contribution in [3.63, 3.8) is 0 Å². The van der Waals surface area contributed by atoms with E-state index in [0.29, 0.717) is 12.8 Å². The van der Waals surface area contributed by atoms with E-state index in [1.807, 2.05) is 13.8 Å². The van der Waals surface area contributed by atoms with E-state index in [9.17, 15) is 28.0 Å². The molecule has 0 bridgehead atoms. The minimum Gasteiger partial charge on any atom is -0.462 e. The van der Waals surface area contributed by atoms with Gasteiger partial charge in [-0.15, -0.1) is 0 Å². The van der Waals surface area contributed by atoms with Gasteiger partial charge in [-0.05, 0) is 73.5 Å². The van der Waals surface area contributed by atoms with Crippen molar-refractivity contribution in [2.24, 2.45) is 0 Å². The van der Waals surface area contributed by atoms with Crippen LogP contribution in [0.3, 0.4) is 0 Å². The zero-order chi connectivity index (χ0) is 32.8. The second-order valence-electron chi connectivity index (χ2n) is 10.4. The number of carbonyl (C=O) groups is 4. The van der Waals surface area contributed by atoms with Crippen LogP contribution in [0.4, 0.5) is 20.5 Å². The van der Waals surface area contributed by atoms with E-state index in [1.165, 1.54) is 36.4 Å². The number of amides is 2. The molecule has 5 aromatic rings. The number of carbonyl (C=O) groups excluding carboxylic acids is 4. The summed E-state index contributed by atoms with van der Waals surface area (Å²) in [5.41, 5.74) is 0.181. The van der Waals surface area contributed by atoms with Crippen molar-refractivity contribution in [2.45, 2.75) is 39.5 Å². The first kappa shape index (κ1) is 31.9. The van der Waals surface area contributed by atoms with Crippen LogP contribution in [0.2, 0.25) is 0 Å². The standard InChI is InChI=1S/C34H30F2N2O8/c1-3-5-15-43-33(41)27-23-17-26-24(18-25(23)45-31(27)37-29(39)19-7-11-21(35)12-8-19)28(34(42)44-16-6-4-2)32(46-26)38-30(40)20-9-13-22(36)14-10-20/h7-14,17-18H,3-6,15-16H2,1-2H3,(H,37,39)(H,38,40). The van der Waals surface area contributed by atoms with Gasteiger partial charge < -0.3 is 18.3 Å². The molecular weight excluding hydrogens is 602 g/mol. The Morgan fingerprint density at radius 3 is 1.35 bits per heavy atom. The molecule has 0 fully saturated rings. The van der Waals surface area contributed by atoms with Crippen molar-refractivity contribution >= 4 is 57.5 Å². The molecule has 12 heteroatoms. The molecule has 0 saturated heterocycles. The lowest BCUT2D eigenvalue weighted by Crippen LogP contribution is -2.15. The van der Waals surface area contributed by atoms with E-state index < -0.39 is 35.4 Å². The molecule has 10 nitrogen and oxygen atoms in total. The third-order valence-electron chi connectivity index (χ3n) is 7.04. The van der Waals surface area contributed by atoms with Crippen LogP contribution in [0.25, 0.3) is 21.9 Å². The summed E-state index contributed by atoms with van der Waals surface area (Å²) in [6, 6.07) is 12.4. The maximum absolute atomic E-state index is 13.4. The molecule has 2 heterocycles. The van der Waals surface area contributed by atoms with Crippen molar-refractivity contribution in [3.8, 4) is 0 Å². The molecule has 0 saturated carbocycles. The average Bonchev–Trinajstić information content (AvgIpc) is 3.56. The molecule has 2 N–H and O–H groups in total. The monoisotopic (exact) mass is 632 g/mol. The predicted molar refractivity (Wildman–Crippen MR) is 165 cm³/mol. The molecule has 0 radical (unpaired) electrons. The highest BCUT2D eigenvalue weighted by Crippen LogP contribution is 2.39. The Bertz CT molecular complexity index is 1770. The van der Waals surface area contributed by atoms with Gasteiger partial charge in [-0.25, -0.2) is 18.4 Å². The van der Waals surface area contributed by atoms with Crippen molar-refractivity contribution in [1.82, 2.24) is 0 Å². The summed E-state index contributed by atoms with van der Waals surface area (Å²) in [5.74, 6) is -4.41. The number of hydrogen-bond donors (Lipinski definition) is 2. The zero-order valence-electron chi connectivity index (χ0n) is 25.0. The molecule has 2 aromatic heterocycles. The summed E-state index contributed by atoms with van der Waals surface area (Å²) in [6.07, 6.45) is 2.73. The molecular formula is C34H30F2N2O8. The van der Waals surface area contributed by atoms with Crippen LogP contribution >= 0.6 is 0 Å². The van der Waals surface area contributed by atoms with Gasteiger partial charge in [0.2, 0.25) is 11.8 Å². The average molecular weight is 633 g/mol. The zero-order valence-corrected chi connectivity index (χ0v) is 25.0. The van der Waals surface area contributed by atoms with Crippen LogP contribution in [-0.2, 0) is 9.47 Å². The smallest absolute Gasteiger partial charge is 0.344 e. The SMILES string of the molecule is CCCCOC(=O)c1c(NC(=O)c2ccc(F)cc2)oc2cc3c(C(=O)OCCCC)c(NC(=O)c4ccc(F)cc4)oc3cc12. The first-order chi connectivity index (χ1) is 22.2. The third kappa shape index (κ3) is 6.90. The predicted octanol–water partition coefficient (Wildman–Crippen LogP) is 7.88. The van der Waals surface area contributed by atoms with Crippen LogP contribution in [0, 0.1) is 11.6 Å². The van der Waals surface area contributed by atoms with Gasteiger partial charge >= 0.3 is 11.9 Å². The number of halogens is 2. The number of benzene rings is 3. The maximum Gasteiger partial charge on any atom is 0.344 e. The summed E-state index contributed by atoms with van der Waals surface area (Å²) in [4.78, 5) is 52.6. The maximum atomic E-state index is 13.4. The van der Waals surface area contributed by atoms with Crippen molar-refractivity contribution in [2.75, 3.05) is 23.8 Å². The topological polar surface area (TPSA) is 137 Å². The van der Waals surface area contributed by atoms with Crippen LogP contribution in [0.15, 0.2) is 69.5 Å². The van der Waals surface area contributed by atoms with E-state index in [1.54, 1.807) is 0 Å². The molecule has 2 amide bonds. The fourth-order valence-corrected chi connectivity index (χ4v) is 4.58. The van der Waals surface area contributed by atoms with Gasteiger partial charge in [0.1, 0.15) is 33.9 Å². The first-order valence-corrected chi connectivity index (χ1v) is 14.7. The van der Waals surface area contributed by atoms with Crippen LogP contribution in [0.1, 0.15) is 81.0 Å². The summed E-state index contributed by atoms with van der Waals surface area (Å²) in [6.45, 7) is 4.09. The molecule has 46 heavy (non-hydrogen) atoms. The van der Waals surface area contributed by atoms with Gasteiger partial charge in [-0.3, -0.25) is 20.2 Å². The minimum absolute atomic E-state index is 0.0872. The molecule has 0 aliphatic carbocycles. The molecule has 0 unspecified atom stereocenters. The number of ether oxygens (including phenoxy) is 2. The van der Waals surface area contributed by atoms with Gasteiger partial charge in [0, 0.05) is 21.9 Å². The van der Waals surface area contributed by atoms with Crippen molar-refractivity contribution in [1.29, 1.82) is 0 Å². The summed E-state index contributed by atoms with van der Waals surface area (Å²) >= 11 is 0. The quantitative estimate of drug-likeness (QED) is 0.105. The molecule has 3 aromatic carbocycles. The van der Waals surface area contributed by atoms with Crippen LogP contribution < -0.4 is 10.6 Å². The number of furan rings is 2. The number of esters is 2. The summed E-state index contributed by atoms with van der Waals surface area (Å²) in [7, 11) is 0. The highest BCUT2D eigenvalue weighted by molar-refractivity contribution is 6.18. The Morgan fingerprint density at radius 2 is 1.00 bits per heavy atom. The summed E-state index contributed by atoms with van der Waals surface area (Å²) in [5, 5.41) is 5.49. The molecule has 0 atom stereocenters. The largest absolute Gasteiger partial charge is 0.462 e. The number of nitrogens with one attached hydrogen (secondary N) is 2. The fraction of sp³-hybridized carbons (Fsp3) is 0.235. The van der Waals surface area contributed by atoms with Gasteiger partial charge in [0.05, 0.1) is 13.2 Å². The second kappa shape index (κ2) is 14.1. The fourth-order valence-electron chi connectivity index (χ4n) is 4.58. The Morgan fingerprint density at radius 1 is 0.630 bits per heavy atom. The number of hydrogen-bond acceptors (Lipinski definition) is 8. The third-order valence-corrected chi connectivity index (χ3v) is 7.04. The number of rotatable bonds is 12. The van der Waals surface area contributed by atoms with E-state index in [-0.39, 0.29) is 69.2 Å². The van der Waals surface area contributed by atoms with Gasteiger partial charge in [0.15, 0.2) is 0 Å². The molecule has 5 rings (SSSR count). The second-order valence-corrected chi connectivity index (χ2v) is 10.4. The van der Waals surface area contributed by atoms with Crippen molar-refractivity contribution in [3.05, 3.63) is 94.6 Å². The first-order valence-electron chi connectivity index (χ1n) is 14.7. The van der Waals surface area contributed by atoms with Crippen LogP contribution in [-0.4, -0.2) is 37.0 Å². The van der Waals surface area contributed by atoms with E-state index in [0.717, 1.165) is 37.1 Å². The van der Waals surface area contributed by atoms with Gasteiger partial charge in [-0.1, -0.05) is 26.7 Å². The van der Waals surface area contributed by atoms with E-state index >= 15 is 0 Å². The Labute approximate surface area is 261 Å². The van der Waals surface area contributed by atoms with Crippen molar-refractivity contribution < 1.29 is 46.3 Å². The number of fused-ring (bicyclic) bond motifs is 2. The molecule has 238 valence electrons. The Kier molecular flexibility index (Phi) is 9.75. The molecule has 0 spiro atoms. The highest BCUT2D eigenvalue weighted by atomic mass is 19.1. The number of unbranched alkanes of at least 4 members (excludes halogenated alkanes) is 2. The molecule has 0 aliphatic heterocycles. The Balaban J connectivity index is 1.60. The van der Waals surface area contributed by atoms with Gasteiger partial charge in [-0.2, -0.15) is 0 Å². The highest BCUT2D eigenvalue weighted by Gasteiger charge is 2.29. The lowest BCUT2D eigenvalue weighted by Gasteiger charge is -2.06. The van der Waals surface area contributed by atoms with Crippen LogP contribution in [0.5, 0.6) is 0 Å². The lowest BCUT2D eigenvalue weighted by atomic mass is 10.1. The molecule has 0 aliphatic rings.